The van der Waals surface area contributed by atoms with Crippen LogP contribution in [0.3, 0.4) is 0 Å². The van der Waals surface area contributed by atoms with Crippen molar-refractivity contribution in [3.05, 3.63) is 20.8 Å². The number of likely N-dealkylation sites (tertiary alicyclic amines) is 1. The first-order chi connectivity index (χ1) is 9.74. The number of hydrogen-bond acceptors (Lipinski definition) is 3. The van der Waals surface area contributed by atoms with Crippen LogP contribution in [0.25, 0.3) is 0 Å². The van der Waals surface area contributed by atoms with Gasteiger partial charge in [0.1, 0.15) is 0 Å². The maximum absolute atomic E-state index is 6.18. The van der Waals surface area contributed by atoms with Gasteiger partial charge >= 0.3 is 0 Å². The maximum Gasteiger partial charge on any atom is 0.0934 e. The van der Waals surface area contributed by atoms with Crippen LogP contribution in [0.4, 0.5) is 0 Å². The fourth-order valence-electron chi connectivity index (χ4n) is 3.53. The first-order valence-electron chi connectivity index (χ1n) is 7.99. The number of aryl methyl sites for hydroxylation is 1. The molecule has 0 saturated carbocycles. The molecule has 2 aliphatic rings. The van der Waals surface area contributed by atoms with Crippen LogP contribution in [-0.2, 0) is 6.42 Å². The molecule has 0 bridgehead atoms. The first kappa shape index (κ1) is 14.8. The van der Waals surface area contributed by atoms with E-state index in [2.05, 4.69) is 23.2 Å². The predicted octanol–water partition coefficient (Wildman–Crippen LogP) is 4.24. The Morgan fingerprint density at radius 1 is 1.35 bits per heavy atom. The van der Waals surface area contributed by atoms with Crippen molar-refractivity contribution in [3.63, 3.8) is 0 Å². The lowest BCUT2D eigenvalue weighted by atomic mass is 9.94. The van der Waals surface area contributed by atoms with Crippen LogP contribution in [0, 0.1) is 0 Å². The quantitative estimate of drug-likeness (QED) is 0.894. The average Bonchev–Trinajstić information content (AvgIpc) is 2.86. The zero-order valence-corrected chi connectivity index (χ0v) is 13.9. The standard InChI is InChI=1S/C16H25ClN2S/c1-12(19-8-3-2-4-9-19)11-18-14-6-5-7-15-13(14)10-16(17)20-15/h10,12,14,18H,2-9,11H2,1H3. The van der Waals surface area contributed by atoms with Gasteiger partial charge in [-0.05, 0) is 63.7 Å². The Morgan fingerprint density at radius 2 is 2.15 bits per heavy atom. The Kier molecular flexibility index (Phi) is 5.03. The lowest BCUT2D eigenvalue weighted by Crippen LogP contribution is -2.44. The molecule has 4 heteroatoms. The Bertz CT molecular complexity index is 440. The number of fused-ring (bicyclic) bond motifs is 1. The van der Waals surface area contributed by atoms with E-state index < -0.39 is 0 Å². The van der Waals surface area contributed by atoms with Crippen molar-refractivity contribution in [1.82, 2.24) is 10.2 Å². The van der Waals surface area contributed by atoms with E-state index in [1.54, 1.807) is 11.3 Å². The Balaban J connectivity index is 1.56. The molecule has 1 N–H and O–H groups in total. The number of hydrogen-bond donors (Lipinski definition) is 1. The molecule has 1 saturated heterocycles. The van der Waals surface area contributed by atoms with Gasteiger partial charge in [-0.2, -0.15) is 0 Å². The van der Waals surface area contributed by atoms with Crippen molar-refractivity contribution in [2.45, 2.75) is 57.5 Å². The van der Waals surface area contributed by atoms with E-state index in [1.165, 1.54) is 62.1 Å². The molecule has 0 spiro atoms. The molecule has 2 atom stereocenters. The number of nitrogens with one attached hydrogen (secondary N) is 1. The summed E-state index contributed by atoms with van der Waals surface area (Å²) in [6, 6.07) is 3.36. The molecule has 0 radical (unpaired) electrons. The topological polar surface area (TPSA) is 15.3 Å². The zero-order chi connectivity index (χ0) is 13.9. The van der Waals surface area contributed by atoms with Gasteiger partial charge in [-0.25, -0.2) is 0 Å². The summed E-state index contributed by atoms with van der Waals surface area (Å²) < 4.78 is 0.952. The third-order valence-electron chi connectivity index (χ3n) is 4.76. The number of nitrogens with zero attached hydrogens (tertiary/aromatic N) is 1. The smallest absolute Gasteiger partial charge is 0.0934 e. The predicted molar refractivity (Wildman–Crippen MR) is 87.9 cm³/mol. The zero-order valence-electron chi connectivity index (χ0n) is 12.3. The average molecular weight is 313 g/mol. The molecule has 0 amide bonds. The van der Waals surface area contributed by atoms with Gasteiger partial charge in [-0.3, -0.25) is 4.90 Å². The van der Waals surface area contributed by atoms with Gasteiger partial charge in [0.2, 0.25) is 0 Å². The van der Waals surface area contributed by atoms with Crippen LogP contribution < -0.4 is 5.32 Å². The van der Waals surface area contributed by atoms with E-state index in [0.717, 1.165) is 10.9 Å². The van der Waals surface area contributed by atoms with Crippen molar-refractivity contribution in [2.24, 2.45) is 0 Å². The summed E-state index contributed by atoms with van der Waals surface area (Å²) in [6.45, 7) is 6.02. The third-order valence-corrected chi connectivity index (χ3v) is 6.10. The molecule has 1 fully saturated rings. The summed E-state index contributed by atoms with van der Waals surface area (Å²) in [5.41, 5.74) is 1.47. The largest absolute Gasteiger partial charge is 0.308 e. The summed E-state index contributed by atoms with van der Waals surface area (Å²) in [4.78, 5) is 4.14. The lowest BCUT2D eigenvalue weighted by Gasteiger charge is -2.34. The fourth-order valence-corrected chi connectivity index (χ4v) is 4.92. The van der Waals surface area contributed by atoms with Crippen LogP contribution in [0.2, 0.25) is 4.34 Å². The summed E-state index contributed by atoms with van der Waals surface area (Å²) in [6.07, 6.45) is 7.92. The Hall–Kier alpha value is -0.0900. The van der Waals surface area contributed by atoms with Gasteiger partial charge in [0.05, 0.1) is 4.34 Å². The first-order valence-corrected chi connectivity index (χ1v) is 9.19. The summed E-state index contributed by atoms with van der Waals surface area (Å²) in [5.74, 6) is 0. The molecule has 0 aromatic carbocycles. The minimum Gasteiger partial charge on any atom is -0.308 e. The highest BCUT2D eigenvalue weighted by Crippen LogP contribution is 2.37. The second-order valence-electron chi connectivity index (χ2n) is 6.23. The molecule has 2 unspecified atom stereocenters. The normalized spacial score (nSPS) is 25.4. The van der Waals surface area contributed by atoms with Crippen molar-refractivity contribution < 1.29 is 0 Å². The molecule has 1 aliphatic carbocycles. The van der Waals surface area contributed by atoms with Crippen molar-refractivity contribution in [1.29, 1.82) is 0 Å². The monoisotopic (exact) mass is 312 g/mol. The summed E-state index contributed by atoms with van der Waals surface area (Å²) in [5, 5.41) is 3.79. The Labute approximate surface area is 131 Å². The molecule has 3 rings (SSSR count). The number of piperidine rings is 1. The van der Waals surface area contributed by atoms with E-state index in [4.69, 9.17) is 11.6 Å². The third kappa shape index (κ3) is 3.38. The summed E-state index contributed by atoms with van der Waals surface area (Å²) in [7, 11) is 0. The molecule has 112 valence electrons. The molecule has 1 aliphatic heterocycles. The van der Waals surface area contributed by atoms with Crippen LogP contribution >= 0.6 is 22.9 Å². The number of thiophene rings is 1. The van der Waals surface area contributed by atoms with Crippen LogP contribution in [0.5, 0.6) is 0 Å². The van der Waals surface area contributed by atoms with Crippen molar-refractivity contribution in [3.8, 4) is 0 Å². The molecular weight excluding hydrogens is 288 g/mol. The van der Waals surface area contributed by atoms with Crippen LogP contribution in [-0.4, -0.2) is 30.6 Å². The van der Waals surface area contributed by atoms with Crippen molar-refractivity contribution >= 4 is 22.9 Å². The van der Waals surface area contributed by atoms with Crippen LogP contribution in [0.1, 0.15) is 55.5 Å². The minimum atomic E-state index is 0.523. The SMILES string of the molecule is CC(CNC1CCCc2sc(Cl)cc21)N1CCCCC1. The molecule has 2 heterocycles. The van der Waals surface area contributed by atoms with E-state index >= 15 is 0 Å². The second kappa shape index (κ2) is 6.78. The number of rotatable bonds is 4. The van der Waals surface area contributed by atoms with E-state index in [9.17, 15) is 0 Å². The minimum absolute atomic E-state index is 0.523. The second-order valence-corrected chi connectivity index (χ2v) is 8.00. The molecular formula is C16H25ClN2S. The van der Waals surface area contributed by atoms with Gasteiger partial charge in [-0.15, -0.1) is 11.3 Å². The van der Waals surface area contributed by atoms with Gasteiger partial charge < -0.3 is 5.32 Å². The van der Waals surface area contributed by atoms with E-state index in [1.807, 2.05) is 0 Å². The molecule has 1 aromatic rings. The van der Waals surface area contributed by atoms with Gasteiger partial charge in [0.15, 0.2) is 0 Å². The van der Waals surface area contributed by atoms with Crippen molar-refractivity contribution in [2.75, 3.05) is 19.6 Å². The summed E-state index contributed by atoms with van der Waals surface area (Å²) >= 11 is 7.95. The maximum atomic E-state index is 6.18. The Morgan fingerprint density at radius 3 is 2.95 bits per heavy atom. The van der Waals surface area contributed by atoms with Gasteiger partial charge in [-0.1, -0.05) is 18.0 Å². The molecule has 2 nitrogen and oxygen atoms in total. The number of halogens is 1. The highest BCUT2D eigenvalue weighted by atomic mass is 35.5. The highest BCUT2D eigenvalue weighted by Gasteiger charge is 2.24. The van der Waals surface area contributed by atoms with Gasteiger partial charge in [0, 0.05) is 23.5 Å². The molecule has 1 aromatic heterocycles. The fraction of sp³-hybridized carbons (Fsp3) is 0.750. The lowest BCUT2D eigenvalue weighted by molar-refractivity contribution is 0.167. The molecule has 20 heavy (non-hydrogen) atoms. The van der Waals surface area contributed by atoms with E-state index in [0.29, 0.717) is 12.1 Å². The van der Waals surface area contributed by atoms with E-state index in [-0.39, 0.29) is 0 Å². The van der Waals surface area contributed by atoms with Gasteiger partial charge in [0.25, 0.3) is 0 Å². The highest BCUT2D eigenvalue weighted by molar-refractivity contribution is 7.16. The van der Waals surface area contributed by atoms with Crippen LogP contribution in [0.15, 0.2) is 6.07 Å².